The Morgan fingerprint density at radius 2 is 1.00 bits per heavy atom. The highest BCUT2D eigenvalue weighted by Gasteiger charge is 2.30. The standard InChI is InChI=1S/C34H22Cl2N4O2/c1-3-39-19-11-7-5-9-17(19)25-21(39)13-15-23-29(25)37-31-27(35)34-32(28(36)33(31)41-23)38-30-24(42-34)16-14-22-26(30)18-10-6-8-12-20(18)40(22)4-2/h5-16H,3-4H2,1-2H3. The Labute approximate surface area is 249 Å². The number of hydrogen-bond acceptors (Lipinski definition) is 4. The number of aryl methyl sites for hydroxylation is 2. The maximum atomic E-state index is 7.06. The number of halogens is 2. The molecule has 5 aromatic carbocycles. The first-order valence-electron chi connectivity index (χ1n) is 14.0. The van der Waals surface area contributed by atoms with E-state index in [9.17, 15) is 0 Å². The Morgan fingerprint density at radius 3 is 1.43 bits per heavy atom. The van der Waals surface area contributed by atoms with Crippen molar-refractivity contribution in [2.75, 3.05) is 0 Å². The summed E-state index contributed by atoms with van der Waals surface area (Å²) in [6.45, 7) is 5.95. The summed E-state index contributed by atoms with van der Waals surface area (Å²) < 4.78 is 17.5. The highest BCUT2D eigenvalue weighted by molar-refractivity contribution is 6.35. The highest BCUT2D eigenvalue weighted by Crippen LogP contribution is 2.49. The molecule has 204 valence electrons. The van der Waals surface area contributed by atoms with Crippen molar-refractivity contribution in [1.29, 1.82) is 0 Å². The van der Waals surface area contributed by atoms with Gasteiger partial charge in [-0.25, -0.2) is 9.98 Å². The molecule has 0 radical (unpaired) electrons. The molecule has 0 N–H and O–H groups in total. The molecule has 0 unspecified atom stereocenters. The number of benzene rings is 5. The number of aromatic nitrogens is 2. The molecule has 0 saturated carbocycles. The average Bonchev–Trinajstić information content (AvgIpc) is 3.54. The van der Waals surface area contributed by atoms with Crippen molar-refractivity contribution in [3.05, 3.63) is 93.6 Å². The van der Waals surface area contributed by atoms with Crippen LogP contribution < -0.4 is 20.2 Å². The predicted octanol–water partition coefficient (Wildman–Crippen LogP) is 9.36. The van der Waals surface area contributed by atoms with Crippen LogP contribution >= 0.6 is 23.2 Å². The summed E-state index contributed by atoms with van der Waals surface area (Å²) >= 11 is 14.1. The molecule has 0 saturated heterocycles. The second-order valence-electron chi connectivity index (χ2n) is 10.5. The molecule has 0 atom stereocenters. The third-order valence-corrected chi connectivity index (χ3v) is 9.20. The van der Waals surface area contributed by atoms with E-state index in [0.717, 1.165) is 68.1 Å². The Balaban J connectivity index is 1.35. The summed E-state index contributed by atoms with van der Waals surface area (Å²) in [7, 11) is 0. The first kappa shape index (κ1) is 24.1. The largest absolute Gasteiger partial charge is 0.451 e. The number of ether oxygens (including phenoxy) is 2. The fourth-order valence-electron chi connectivity index (χ4n) is 6.72. The van der Waals surface area contributed by atoms with Crippen LogP contribution in [0.3, 0.4) is 0 Å². The van der Waals surface area contributed by atoms with E-state index in [2.05, 4.69) is 71.5 Å². The topological polar surface area (TPSA) is 53.0 Å². The predicted molar refractivity (Wildman–Crippen MR) is 168 cm³/mol. The third-order valence-electron chi connectivity index (χ3n) is 8.50. The fourth-order valence-corrected chi connectivity index (χ4v) is 7.24. The Hall–Kier alpha value is -4.52. The maximum absolute atomic E-state index is 7.06. The van der Waals surface area contributed by atoms with Gasteiger partial charge in [0.2, 0.25) is 0 Å². The second-order valence-corrected chi connectivity index (χ2v) is 11.3. The van der Waals surface area contributed by atoms with Crippen molar-refractivity contribution in [3.8, 4) is 23.0 Å². The van der Waals surface area contributed by atoms with Gasteiger partial charge in [-0.05, 0) is 50.2 Å². The van der Waals surface area contributed by atoms with Gasteiger partial charge in [0.15, 0.2) is 23.0 Å². The second kappa shape index (κ2) is 8.51. The van der Waals surface area contributed by atoms with Gasteiger partial charge >= 0.3 is 0 Å². The van der Waals surface area contributed by atoms with E-state index in [-0.39, 0.29) is 0 Å². The van der Waals surface area contributed by atoms with Gasteiger partial charge < -0.3 is 18.6 Å². The summed E-state index contributed by atoms with van der Waals surface area (Å²) in [4.78, 5) is 10.2. The van der Waals surface area contributed by atoms with Crippen LogP contribution in [-0.4, -0.2) is 9.13 Å². The normalized spacial score (nSPS) is 13.2. The maximum Gasteiger partial charge on any atom is 0.175 e. The molecule has 7 aromatic rings. The molecule has 4 heterocycles. The summed E-state index contributed by atoms with van der Waals surface area (Å²) in [6.07, 6.45) is 0. The van der Waals surface area contributed by atoms with Crippen LogP contribution in [0.5, 0.6) is 23.0 Å². The number of fused-ring (bicyclic) bond motifs is 12. The lowest BCUT2D eigenvalue weighted by molar-refractivity contribution is 0.452. The van der Waals surface area contributed by atoms with E-state index in [1.807, 2.05) is 24.3 Å². The molecular formula is C34H22Cl2N4O2. The SMILES string of the molecule is CCn1c2ccccc2c2c3c(ccc21)Oc1c(Cl)c2c(c(Cl)c1=N3)Oc1ccc3c(c1N=2)c1ccccc1n3CC. The Kier molecular flexibility index (Phi) is 4.88. The van der Waals surface area contributed by atoms with Crippen LogP contribution in [0.15, 0.2) is 82.8 Å². The van der Waals surface area contributed by atoms with Crippen molar-refractivity contribution in [1.82, 2.24) is 9.13 Å². The van der Waals surface area contributed by atoms with Crippen LogP contribution in [0.1, 0.15) is 13.8 Å². The third kappa shape index (κ3) is 2.95. The van der Waals surface area contributed by atoms with E-state index in [1.54, 1.807) is 0 Å². The Bertz CT molecular complexity index is 2300. The van der Waals surface area contributed by atoms with Gasteiger partial charge in [-0.15, -0.1) is 0 Å². The average molecular weight is 589 g/mol. The number of hydrogen-bond donors (Lipinski definition) is 0. The molecule has 2 aliphatic heterocycles. The van der Waals surface area contributed by atoms with Gasteiger partial charge in [0.1, 0.15) is 32.1 Å². The van der Waals surface area contributed by atoms with Gasteiger partial charge in [0, 0.05) is 45.7 Å². The van der Waals surface area contributed by atoms with Crippen LogP contribution in [0.4, 0.5) is 11.4 Å². The zero-order chi connectivity index (χ0) is 28.3. The molecule has 6 nitrogen and oxygen atoms in total. The fraction of sp³-hybridized carbons (Fsp3) is 0.118. The lowest BCUT2D eigenvalue weighted by Gasteiger charge is -2.21. The van der Waals surface area contributed by atoms with Gasteiger partial charge in [0.05, 0.1) is 11.0 Å². The van der Waals surface area contributed by atoms with Crippen molar-refractivity contribution in [2.45, 2.75) is 26.9 Å². The number of nitrogens with zero attached hydrogens (tertiary/aromatic N) is 4. The Morgan fingerprint density at radius 1 is 0.571 bits per heavy atom. The van der Waals surface area contributed by atoms with Crippen LogP contribution in [0.2, 0.25) is 10.0 Å². The molecule has 42 heavy (non-hydrogen) atoms. The quantitative estimate of drug-likeness (QED) is 0.202. The minimum atomic E-state index is 0.316. The molecule has 0 spiro atoms. The van der Waals surface area contributed by atoms with Gasteiger partial charge in [-0.3, -0.25) is 0 Å². The first-order valence-corrected chi connectivity index (χ1v) is 14.8. The summed E-state index contributed by atoms with van der Waals surface area (Å²) in [6, 6.07) is 24.7. The summed E-state index contributed by atoms with van der Waals surface area (Å²) in [5, 5.41) is 5.77. The van der Waals surface area contributed by atoms with E-state index >= 15 is 0 Å². The molecule has 8 heteroatoms. The van der Waals surface area contributed by atoms with Crippen molar-refractivity contribution < 1.29 is 9.47 Å². The monoisotopic (exact) mass is 588 g/mol. The van der Waals surface area contributed by atoms with E-state index in [4.69, 9.17) is 42.7 Å². The highest BCUT2D eigenvalue weighted by atomic mass is 35.5. The molecule has 0 aliphatic carbocycles. The molecule has 0 fully saturated rings. The smallest absolute Gasteiger partial charge is 0.175 e. The van der Waals surface area contributed by atoms with Crippen molar-refractivity contribution in [2.24, 2.45) is 9.98 Å². The lowest BCUT2D eigenvalue weighted by atomic mass is 10.1. The molecule has 0 amide bonds. The molecular weight excluding hydrogens is 567 g/mol. The van der Waals surface area contributed by atoms with E-state index in [1.165, 1.54) is 0 Å². The molecule has 2 aromatic heterocycles. The van der Waals surface area contributed by atoms with Crippen molar-refractivity contribution >= 4 is 78.2 Å². The zero-order valence-corrected chi connectivity index (χ0v) is 24.2. The molecule has 9 rings (SSSR count). The zero-order valence-electron chi connectivity index (χ0n) is 22.7. The summed E-state index contributed by atoms with van der Waals surface area (Å²) in [5.74, 6) is 2.01. The molecule has 2 aliphatic rings. The lowest BCUT2D eigenvalue weighted by Crippen LogP contribution is -2.22. The minimum Gasteiger partial charge on any atom is -0.451 e. The van der Waals surface area contributed by atoms with Crippen LogP contribution in [0, 0.1) is 0 Å². The van der Waals surface area contributed by atoms with E-state index in [0.29, 0.717) is 43.8 Å². The van der Waals surface area contributed by atoms with Gasteiger partial charge in [-0.2, -0.15) is 0 Å². The minimum absolute atomic E-state index is 0.316. The van der Waals surface area contributed by atoms with Crippen LogP contribution in [-0.2, 0) is 13.1 Å². The molecule has 0 bridgehead atoms. The van der Waals surface area contributed by atoms with Gasteiger partial charge in [-0.1, -0.05) is 59.6 Å². The summed E-state index contributed by atoms with van der Waals surface area (Å²) in [5.41, 5.74) is 5.92. The first-order chi connectivity index (χ1) is 20.6. The van der Waals surface area contributed by atoms with E-state index < -0.39 is 0 Å². The number of rotatable bonds is 2. The van der Waals surface area contributed by atoms with Crippen LogP contribution in [0.25, 0.3) is 43.6 Å². The van der Waals surface area contributed by atoms with Crippen molar-refractivity contribution in [3.63, 3.8) is 0 Å². The number of para-hydroxylation sites is 2. The van der Waals surface area contributed by atoms with Gasteiger partial charge in [0.25, 0.3) is 0 Å².